The van der Waals surface area contributed by atoms with Crippen LogP contribution in [0, 0.1) is 0 Å². The minimum atomic E-state index is -1.53. The van der Waals surface area contributed by atoms with Crippen LogP contribution >= 0.6 is 0 Å². The predicted octanol–water partition coefficient (Wildman–Crippen LogP) is 13.8. The molecule has 0 unspecified atom stereocenters. The van der Waals surface area contributed by atoms with Gasteiger partial charge in [0, 0.05) is 16.7 Å². The van der Waals surface area contributed by atoms with Crippen molar-refractivity contribution in [2.45, 2.75) is 19.6 Å². The Morgan fingerprint density at radius 3 is 1.12 bits per heavy atom. The van der Waals surface area contributed by atoms with E-state index in [-0.39, 0.29) is 24.2 Å². The van der Waals surface area contributed by atoms with Crippen molar-refractivity contribution < 1.29 is 5.48 Å². The largest absolute Gasteiger partial charge is 0.208 e. The molecule has 278 valence electrons. The van der Waals surface area contributed by atoms with E-state index in [1.807, 2.05) is 97.1 Å². The lowest BCUT2D eigenvalue weighted by Gasteiger charge is -2.17. The van der Waals surface area contributed by atoms with Crippen molar-refractivity contribution in [3.8, 4) is 89.8 Å². The van der Waals surface area contributed by atoms with Crippen LogP contribution in [0.5, 0.6) is 0 Å². The summed E-state index contributed by atoms with van der Waals surface area (Å²) < 4.78 is 35.3. The molecule has 0 amide bonds. The SMILES string of the molecule is [2H]c1c([2H])c(-c2ccc(-c3ccc(-c4ccc(-c5nc(-c6ccccc6)nc(-c6cccc(-c7ccccc7)c6)n5)cc4)cc3)cc2)c([2H])c(-c2ccc([Si](C)(C)C)cc2)c1[2H]. The number of aromatic nitrogens is 3. The molecule has 3 nitrogen and oxygen atoms in total. The third kappa shape index (κ3) is 7.97. The lowest BCUT2D eigenvalue weighted by atomic mass is 9.96. The molecule has 0 saturated carbocycles. The molecule has 0 radical (unpaired) electrons. The first-order chi connectivity index (χ1) is 30.0. The lowest BCUT2D eigenvalue weighted by molar-refractivity contribution is 1.07. The van der Waals surface area contributed by atoms with Gasteiger partial charge >= 0.3 is 0 Å². The topological polar surface area (TPSA) is 38.7 Å². The van der Waals surface area contributed by atoms with E-state index < -0.39 is 8.07 Å². The van der Waals surface area contributed by atoms with Crippen molar-refractivity contribution in [2.75, 3.05) is 0 Å². The summed E-state index contributed by atoms with van der Waals surface area (Å²) in [6.07, 6.45) is 0. The Morgan fingerprint density at radius 2 is 0.655 bits per heavy atom. The normalized spacial score (nSPS) is 12.3. The second-order valence-corrected chi connectivity index (χ2v) is 20.5. The van der Waals surface area contributed by atoms with E-state index in [0.29, 0.717) is 34.2 Å². The third-order valence-electron chi connectivity index (χ3n) is 10.4. The number of nitrogens with zero attached hydrogens (tertiary/aromatic N) is 3. The second-order valence-electron chi connectivity index (χ2n) is 15.4. The van der Waals surface area contributed by atoms with Gasteiger partial charge < -0.3 is 0 Å². The fraction of sp³-hybridized carbons (Fsp3) is 0.0556. The van der Waals surface area contributed by atoms with Crippen LogP contribution in [-0.2, 0) is 0 Å². The van der Waals surface area contributed by atoms with E-state index >= 15 is 0 Å². The van der Waals surface area contributed by atoms with Crippen LogP contribution in [0.4, 0.5) is 0 Å². The molecule has 1 heterocycles. The van der Waals surface area contributed by atoms with Gasteiger partial charge in [-0.2, -0.15) is 0 Å². The highest BCUT2D eigenvalue weighted by Gasteiger charge is 2.16. The van der Waals surface area contributed by atoms with Gasteiger partial charge in [0.2, 0.25) is 0 Å². The maximum atomic E-state index is 9.16. The average Bonchev–Trinajstić information content (AvgIpc) is 3.31. The van der Waals surface area contributed by atoms with Gasteiger partial charge in [-0.1, -0.05) is 219 Å². The van der Waals surface area contributed by atoms with Gasteiger partial charge in [-0.05, 0) is 67.7 Å². The van der Waals surface area contributed by atoms with Gasteiger partial charge in [0.15, 0.2) is 17.5 Å². The van der Waals surface area contributed by atoms with Crippen molar-refractivity contribution in [3.05, 3.63) is 206 Å². The second kappa shape index (κ2) is 15.9. The van der Waals surface area contributed by atoms with Crippen LogP contribution in [0.1, 0.15) is 5.48 Å². The summed E-state index contributed by atoms with van der Waals surface area (Å²) in [5, 5.41) is 1.29. The average molecular weight is 766 g/mol. The Kier molecular flexibility index (Phi) is 8.78. The summed E-state index contributed by atoms with van der Waals surface area (Å²) >= 11 is 0. The smallest absolute Gasteiger partial charge is 0.164 e. The van der Waals surface area contributed by atoms with Crippen molar-refractivity contribution in [3.63, 3.8) is 0 Å². The maximum absolute atomic E-state index is 9.16. The molecule has 58 heavy (non-hydrogen) atoms. The lowest BCUT2D eigenvalue weighted by Crippen LogP contribution is -2.37. The molecule has 0 fully saturated rings. The van der Waals surface area contributed by atoms with Crippen molar-refractivity contribution >= 4 is 13.3 Å². The Hall–Kier alpha value is -7.01. The first kappa shape index (κ1) is 32.1. The van der Waals surface area contributed by atoms with E-state index in [1.165, 1.54) is 5.19 Å². The minimum absolute atomic E-state index is 0.0891. The van der Waals surface area contributed by atoms with Crippen LogP contribution < -0.4 is 5.19 Å². The van der Waals surface area contributed by atoms with Crippen LogP contribution in [0.3, 0.4) is 0 Å². The molecule has 0 N–H and O–H groups in total. The molecule has 0 saturated heterocycles. The number of hydrogen-bond acceptors (Lipinski definition) is 3. The van der Waals surface area contributed by atoms with Gasteiger partial charge in [0.1, 0.15) is 0 Å². The highest BCUT2D eigenvalue weighted by atomic mass is 28.3. The molecular weight excluding hydrogens is 719 g/mol. The van der Waals surface area contributed by atoms with Gasteiger partial charge in [-0.15, -0.1) is 0 Å². The highest BCUT2D eigenvalue weighted by molar-refractivity contribution is 6.88. The fourth-order valence-electron chi connectivity index (χ4n) is 7.08. The molecule has 0 atom stereocenters. The van der Waals surface area contributed by atoms with Crippen molar-refractivity contribution in [2.24, 2.45) is 0 Å². The summed E-state index contributed by atoms with van der Waals surface area (Å²) in [5.74, 6) is 1.82. The summed E-state index contributed by atoms with van der Waals surface area (Å²) in [5.41, 5.74) is 11.2. The van der Waals surface area contributed by atoms with E-state index in [1.54, 1.807) is 0 Å². The zero-order valence-corrected chi connectivity index (χ0v) is 33.7. The molecular formula is C54H43N3Si. The van der Waals surface area contributed by atoms with Crippen molar-refractivity contribution in [1.82, 2.24) is 15.0 Å². The van der Waals surface area contributed by atoms with Crippen LogP contribution in [0.15, 0.2) is 206 Å². The molecule has 4 heteroatoms. The molecule has 9 rings (SSSR count). The standard InChI is InChI=1S/C54H43N3Si/c1-58(2,3)51-34-32-44(33-35-51)48-17-10-16-47(36-48)43-26-24-41(25-27-43)39-20-22-40(23-21-39)42-28-30-46(31-29-42)53-55-52(45-14-8-5-9-15-45)56-54(57-53)50-19-11-18-49(37-50)38-12-6-4-7-13-38/h4-37H,1-3H3/i10D,16D,17D,36D. The molecule has 0 bridgehead atoms. The van der Waals surface area contributed by atoms with Gasteiger partial charge in [-0.3, -0.25) is 0 Å². The number of benzene rings is 8. The zero-order chi connectivity index (χ0) is 43.0. The van der Waals surface area contributed by atoms with Crippen LogP contribution in [0.2, 0.25) is 19.6 Å². The Labute approximate surface area is 348 Å². The van der Waals surface area contributed by atoms with Gasteiger partial charge in [0.05, 0.1) is 13.6 Å². The zero-order valence-electron chi connectivity index (χ0n) is 36.7. The van der Waals surface area contributed by atoms with Gasteiger partial charge in [0.25, 0.3) is 0 Å². The Morgan fingerprint density at radius 1 is 0.328 bits per heavy atom. The molecule has 9 aromatic rings. The van der Waals surface area contributed by atoms with E-state index in [0.717, 1.165) is 55.6 Å². The number of hydrogen-bond donors (Lipinski definition) is 0. The summed E-state index contributed by atoms with van der Waals surface area (Å²) in [4.78, 5) is 14.9. The third-order valence-corrected chi connectivity index (χ3v) is 12.5. The summed E-state index contributed by atoms with van der Waals surface area (Å²) in [6, 6.07) is 60.9. The highest BCUT2D eigenvalue weighted by Crippen LogP contribution is 2.32. The molecule has 1 aromatic heterocycles. The Bertz CT molecular complexity index is 3040. The molecule has 0 aliphatic rings. The fourth-order valence-corrected chi connectivity index (χ4v) is 8.25. The van der Waals surface area contributed by atoms with E-state index in [9.17, 15) is 0 Å². The van der Waals surface area contributed by atoms with Crippen molar-refractivity contribution in [1.29, 1.82) is 0 Å². The summed E-state index contributed by atoms with van der Waals surface area (Å²) in [6.45, 7) is 6.84. The minimum Gasteiger partial charge on any atom is -0.208 e. The van der Waals surface area contributed by atoms with E-state index in [2.05, 4.69) is 105 Å². The first-order valence-electron chi connectivity index (χ1n) is 21.5. The molecule has 0 aliphatic carbocycles. The molecule has 0 spiro atoms. The van der Waals surface area contributed by atoms with Crippen LogP contribution in [0.25, 0.3) is 89.8 Å². The first-order valence-corrected chi connectivity index (χ1v) is 23.0. The maximum Gasteiger partial charge on any atom is 0.164 e. The predicted molar refractivity (Wildman–Crippen MR) is 246 cm³/mol. The molecule has 0 aliphatic heterocycles. The van der Waals surface area contributed by atoms with Crippen LogP contribution in [-0.4, -0.2) is 23.0 Å². The van der Waals surface area contributed by atoms with E-state index in [4.69, 9.17) is 20.4 Å². The summed E-state index contributed by atoms with van der Waals surface area (Å²) in [7, 11) is -1.53. The Balaban J connectivity index is 0.973. The monoisotopic (exact) mass is 765 g/mol. The molecule has 8 aromatic carbocycles. The quantitative estimate of drug-likeness (QED) is 0.137. The van der Waals surface area contributed by atoms with Gasteiger partial charge in [-0.25, -0.2) is 15.0 Å². The number of rotatable bonds is 9.